The van der Waals surface area contributed by atoms with Crippen LogP contribution in [-0.4, -0.2) is 36.1 Å². The van der Waals surface area contributed by atoms with E-state index in [-0.39, 0.29) is 29.3 Å². The number of carbonyl (C=O) groups excluding carboxylic acids is 1. The number of nitrogens with zero attached hydrogens (tertiary/aromatic N) is 2. The van der Waals surface area contributed by atoms with Crippen LogP contribution in [0.5, 0.6) is 0 Å². The van der Waals surface area contributed by atoms with Gasteiger partial charge in [0.2, 0.25) is 0 Å². The Morgan fingerprint density at radius 2 is 2.07 bits per heavy atom. The number of sulfone groups is 1. The number of hydrogen-bond acceptors (Lipinski definition) is 6. The molecule has 3 N–H and O–H groups in total. The first kappa shape index (κ1) is 21.2. The Morgan fingerprint density at radius 3 is 2.72 bits per heavy atom. The number of amides is 1. The highest BCUT2D eigenvalue weighted by atomic mass is 35.5. The number of pyridine rings is 1. The molecule has 0 radical (unpaired) electrons. The van der Waals surface area contributed by atoms with Gasteiger partial charge in [0.15, 0.2) is 9.84 Å². The molecule has 2 atom stereocenters. The molecule has 3 rings (SSSR count). The van der Waals surface area contributed by atoms with Gasteiger partial charge in [0.1, 0.15) is 22.6 Å². The maximum Gasteiger partial charge on any atom is 0.274 e. The second-order valence-electron chi connectivity index (χ2n) is 7.08. The molecule has 1 aliphatic heterocycles. The minimum Gasteiger partial charge on any atom is -0.386 e. The maximum absolute atomic E-state index is 14.7. The molecular formula is C19H20ClFN4O3S. The lowest BCUT2D eigenvalue weighted by atomic mass is 9.89. The van der Waals surface area contributed by atoms with Gasteiger partial charge in [0.25, 0.3) is 5.91 Å². The molecule has 1 amide bonds. The maximum atomic E-state index is 14.7. The predicted octanol–water partition coefficient (Wildman–Crippen LogP) is 2.91. The van der Waals surface area contributed by atoms with Crippen LogP contribution in [0.1, 0.15) is 36.3 Å². The lowest BCUT2D eigenvalue weighted by Gasteiger charge is -2.25. The van der Waals surface area contributed by atoms with E-state index >= 15 is 0 Å². The molecule has 1 aromatic heterocycles. The Hall–Kier alpha value is -2.52. The van der Waals surface area contributed by atoms with Crippen LogP contribution in [0.4, 0.5) is 10.1 Å². The number of rotatable bonds is 3. The highest BCUT2D eigenvalue weighted by molar-refractivity contribution is 7.92. The van der Waals surface area contributed by atoms with Crippen LogP contribution in [-0.2, 0) is 15.4 Å². The molecule has 1 unspecified atom stereocenters. The number of amidine groups is 1. The van der Waals surface area contributed by atoms with Crippen molar-refractivity contribution in [2.45, 2.75) is 31.1 Å². The Kier molecular flexibility index (Phi) is 5.64. The van der Waals surface area contributed by atoms with Crippen molar-refractivity contribution < 1.29 is 17.6 Å². The lowest BCUT2D eigenvalue weighted by molar-refractivity contribution is 0.102. The van der Waals surface area contributed by atoms with Gasteiger partial charge in [-0.15, -0.1) is 0 Å². The van der Waals surface area contributed by atoms with Crippen molar-refractivity contribution in [3.05, 3.63) is 58.6 Å². The van der Waals surface area contributed by atoms with Crippen LogP contribution in [0.25, 0.3) is 0 Å². The van der Waals surface area contributed by atoms with Gasteiger partial charge >= 0.3 is 0 Å². The molecule has 1 aliphatic rings. The zero-order valence-corrected chi connectivity index (χ0v) is 17.4. The molecule has 154 valence electrons. The average Bonchev–Trinajstić information content (AvgIpc) is 2.74. The van der Waals surface area contributed by atoms with Gasteiger partial charge in [-0.25, -0.2) is 17.8 Å². The molecule has 2 aromatic rings. The van der Waals surface area contributed by atoms with E-state index in [1.807, 2.05) is 0 Å². The van der Waals surface area contributed by atoms with Crippen LogP contribution in [0.2, 0.25) is 5.02 Å². The number of hydrogen-bond donors (Lipinski definition) is 2. The van der Waals surface area contributed by atoms with Gasteiger partial charge < -0.3 is 11.1 Å². The monoisotopic (exact) mass is 438 g/mol. The zero-order chi connectivity index (χ0) is 21.4. The van der Waals surface area contributed by atoms with E-state index in [2.05, 4.69) is 15.3 Å². The molecule has 7 nitrogen and oxygen atoms in total. The summed E-state index contributed by atoms with van der Waals surface area (Å²) in [6.07, 6.45) is 1.41. The molecular weight excluding hydrogens is 419 g/mol. The third-order valence-electron chi connectivity index (χ3n) is 4.97. The summed E-state index contributed by atoms with van der Waals surface area (Å²) >= 11 is 5.77. The first-order valence-electron chi connectivity index (χ1n) is 8.81. The number of benzene rings is 1. The summed E-state index contributed by atoms with van der Waals surface area (Å²) in [5.74, 6) is -1.31. The number of aliphatic imine (C=N–C) groups is 1. The third kappa shape index (κ3) is 4.40. The summed E-state index contributed by atoms with van der Waals surface area (Å²) in [5.41, 5.74) is 5.30. The van der Waals surface area contributed by atoms with Crippen LogP contribution in [0, 0.1) is 5.82 Å². The van der Waals surface area contributed by atoms with Crippen molar-refractivity contribution in [2.75, 3.05) is 11.1 Å². The number of halogens is 2. The van der Waals surface area contributed by atoms with Crippen LogP contribution < -0.4 is 11.1 Å². The fraction of sp³-hybridized carbons (Fsp3) is 0.316. The van der Waals surface area contributed by atoms with Crippen LogP contribution >= 0.6 is 11.6 Å². The molecule has 1 aromatic carbocycles. The first-order valence-corrected chi connectivity index (χ1v) is 10.9. The van der Waals surface area contributed by atoms with Crippen molar-refractivity contribution in [3.8, 4) is 0 Å². The molecule has 0 aliphatic carbocycles. The van der Waals surface area contributed by atoms with Gasteiger partial charge in [-0.05, 0) is 50.6 Å². The van der Waals surface area contributed by atoms with Crippen molar-refractivity contribution in [2.24, 2.45) is 10.7 Å². The molecule has 0 bridgehead atoms. The quantitative estimate of drug-likeness (QED) is 0.764. The highest BCUT2D eigenvalue weighted by Gasteiger charge is 2.38. The molecule has 29 heavy (non-hydrogen) atoms. The Morgan fingerprint density at radius 1 is 1.34 bits per heavy atom. The van der Waals surface area contributed by atoms with E-state index in [0.29, 0.717) is 10.7 Å². The smallest absolute Gasteiger partial charge is 0.274 e. The molecule has 0 fully saturated rings. The Bertz CT molecular complexity index is 1090. The highest BCUT2D eigenvalue weighted by Crippen LogP contribution is 2.36. The second-order valence-corrected chi connectivity index (χ2v) is 9.96. The Balaban J connectivity index is 1.94. The molecule has 0 saturated carbocycles. The van der Waals surface area contributed by atoms with Crippen molar-refractivity contribution in [1.82, 2.24) is 4.98 Å². The van der Waals surface area contributed by atoms with Gasteiger partial charge in [0.05, 0.1) is 16.3 Å². The van der Waals surface area contributed by atoms with Gasteiger partial charge in [-0.3, -0.25) is 9.79 Å². The third-order valence-corrected chi connectivity index (χ3v) is 7.28. The molecule has 0 spiro atoms. The predicted molar refractivity (Wildman–Crippen MR) is 110 cm³/mol. The van der Waals surface area contributed by atoms with E-state index in [1.165, 1.54) is 43.5 Å². The second kappa shape index (κ2) is 7.72. The van der Waals surface area contributed by atoms with E-state index < -0.39 is 32.4 Å². The summed E-state index contributed by atoms with van der Waals surface area (Å²) in [6, 6.07) is 7.03. The van der Waals surface area contributed by atoms with Crippen LogP contribution in [0.15, 0.2) is 41.5 Å². The van der Waals surface area contributed by atoms with E-state index in [0.717, 1.165) is 0 Å². The van der Waals surface area contributed by atoms with Crippen molar-refractivity contribution in [1.29, 1.82) is 0 Å². The van der Waals surface area contributed by atoms with E-state index in [4.69, 9.17) is 17.3 Å². The van der Waals surface area contributed by atoms with Crippen molar-refractivity contribution >= 4 is 38.9 Å². The first-order chi connectivity index (χ1) is 13.5. The standard InChI is InChI=1S/C19H20ClFN4O3S/c1-11-17(22)25-19(2,7-8-29(11,27)28)14-9-13(4-5-15(14)21)24-18(26)16-6-3-12(20)10-23-16/h3-6,9-11H,7-8H2,1-2H3,(H2,22,25)(H,24,26)/t11-,19?/m0/s1. The fourth-order valence-electron chi connectivity index (χ4n) is 3.05. The van der Waals surface area contributed by atoms with Crippen LogP contribution in [0.3, 0.4) is 0 Å². The normalized spacial score (nSPS) is 23.7. The number of nitrogens with two attached hydrogens (primary N) is 1. The SMILES string of the molecule is C[C@H]1C(N)=NC(C)(c2cc(NC(=O)c3ccc(Cl)cn3)ccc2F)CCS1(=O)=O. The van der Waals surface area contributed by atoms with Gasteiger partial charge in [-0.2, -0.15) is 0 Å². The van der Waals surface area contributed by atoms with Crippen molar-refractivity contribution in [3.63, 3.8) is 0 Å². The number of anilines is 1. The Labute approximate surface area is 173 Å². The molecule has 0 saturated heterocycles. The number of carbonyl (C=O) groups is 1. The summed E-state index contributed by atoms with van der Waals surface area (Å²) < 4.78 is 39.2. The summed E-state index contributed by atoms with van der Waals surface area (Å²) in [5, 5.41) is 2.10. The lowest BCUT2D eigenvalue weighted by Crippen LogP contribution is -2.33. The number of aromatic nitrogens is 1. The largest absolute Gasteiger partial charge is 0.386 e. The van der Waals surface area contributed by atoms with E-state index in [9.17, 15) is 17.6 Å². The van der Waals surface area contributed by atoms with E-state index in [1.54, 1.807) is 6.92 Å². The average molecular weight is 439 g/mol. The summed E-state index contributed by atoms with van der Waals surface area (Å²) in [6.45, 7) is 3.09. The van der Waals surface area contributed by atoms with Gasteiger partial charge in [-0.1, -0.05) is 11.6 Å². The molecule has 10 heteroatoms. The topological polar surface area (TPSA) is 115 Å². The molecule has 2 heterocycles. The van der Waals surface area contributed by atoms with Gasteiger partial charge in [0, 0.05) is 17.4 Å². The minimum atomic E-state index is -3.47. The number of nitrogens with one attached hydrogen (secondary N) is 1. The summed E-state index contributed by atoms with van der Waals surface area (Å²) in [4.78, 5) is 20.7. The fourth-order valence-corrected chi connectivity index (χ4v) is 4.62. The zero-order valence-electron chi connectivity index (χ0n) is 15.8. The minimum absolute atomic E-state index is 0.0629. The summed E-state index contributed by atoms with van der Waals surface area (Å²) in [7, 11) is -3.47.